The minimum absolute atomic E-state index is 0.175. The van der Waals surface area contributed by atoms with Crippen molar-refractivity contribution in [3.63, 3.8) is 0 Å². The van der Waals surface area contributed by atoms with Gasteiger partial charge >= 0.3 is 11.9 Å². The molecule has 0 atom stereocenters. The van der Waals surface area contributed by atoms with Crippen LogP contribution in [-0.4, -0.2) is 25.2 Å². The Hall–Kier alpha value is -1.32. The van der Waals surface area contributed by atoms with E-state index in [1.165, 1.54) is 13.3 Å². The Morgan fingerprint density at radius 2 is 1.42 bits per heavy atom. The van der Waals surface area contributed by atoms with E-state index in [4.69, 9.17) is 9.47 Å². The fourth-order valence-corrected chi connectivity index (χ4v) is 1.00. The van der Waals surface area contributed by atoms with Gasteiger partial charge in [-0.3, -0.25) is 4.79 Å². The Morgan fingerprint density at radius 3 is 1.84 bits per heavy atom. The fourth-order valence-electron chi connectivity index (χ4n) is 1.00. The number of rotatable bonds is 8. The maximum Gasteiger partial charge on any atom is 0.333 e. The second-order valence-corrected chi connectivity index (χ2v) is 4.32. The summed E-state index contributed by atoms with van der Waals surface area (Å²) in [5, 5.41) is 0. The lowest BCUT2D eigenvalue weighted by molar-refractivity contribution is -0.141. The van der Waals surface area contributed by atoms with Gasteiger partial charge < -0.3 is 9.47 Å². The number of hydrogen-bond acceptors (Lipinski definition) is 4. The molecule has 0 spiro atoms. The van der Waals surface area contributed by atoms with Crippen LogP contribution in [0.5, 0.6) is 0 Å². The third-order valence-corrected chi connectivity index (χ3v) is 2.13. The summed E-state index contributed by atoms with van der Waals surface area (Å²) in [7, 11) is 0. The number of unbranched alkanes of at least 4 members (excludes halogenated alkanes) is 3. The molecule has 112 valence electrons. The van der Waals surface area contributed by atoms with Gasteiger partial charge in [0.1, 0.15) is 0 Å². The van der Waals surface area contributed by atoms with Crippen LogP contribution < -0.4 is 0 Å². The summed E-state index contributed by atoms with van der Waals surface area (Å²) in [5.74, 6) is -0.459. The lowest BCUT2D eigenvalue weighted by Gasteiger charge is -2.01. The zero-order valence-electron chi connectivity index (χ0n) is 12.8. The molecule has 0 bridgehead atoms. The van der Waals surface area contributed by atoms with Gasteiger partial charge in [-0.05, 0) is 19.8 Å². The topological polar surface area (TPSA) is 52.6 Å². The molecule has 0 unspecified atom stereocenters. The number of esters is 2. The van der Waals surface area contributed by atoms with E-state index in [-0.39, 0.29) is 11.9 Å². The van der Waals surface area contributed by atoms with Gasteiger partial charge in [0.15, 0.2) is 0 Å². The molecule has 0 heterocycles. The predicted octanol–water partition coefficient (Wildman–Crippen LogP) is 3.65. The first kappa shape index (κ1) is 20.0. The van der Waals surface area contributed by atoms with E-state index >= 15 is 0 Å². The van der Waals surface area contributed by atoms with Crippen LogP contribution in [0.4, 0.5) is 0 Å². The minimum Gasteiger partial charge on any atom is -0.466 e. The van der Waals surface area contributed by atoms with Crippen LogP contribution in [0.25, 0.3) is 0 Å². The molecule has 0 N–H and O–H groups in total. The molecular formula is C15H28O4. The van der Waals surface area contributed by atoms with Crippen molar-refractivity contribution in [1.82, 2.24) is 0 Å². The monoisotopic (exact) mass is 272 g/mol. The molecule has 0 saturated heterocycles. The zero-order valence-corrected chi connectivity index (χ0v) is 12.8. The fraction of sp³-hybridized carbons (Fsp3) is 0.733. The smallest absolute Gasteiger partial charge is 0.333 e. The molecule has 0 aromatic heterocycles. The molecular weight excluding hydrogens is 244 g/mol. The van der Waals surface area contributed by atoms with E-state index in [1.54, 1.807) is 6.92 Å². The van der Waals surface area contributed by atoms with Gasteiger partial charge in [0, 0.05) is 12.5 Å². The molecule has 4 nitrogen and oxygen atoms in total. The SMILES string of the molecule is C=C(C)C(=O)OCCCC.CCCCCOC(C)=O. The van der Waals surface area contributed by atoms with Crippen LogP contribution >= 0.6 is 0 Å². The van der Waals surface area contributed by atoms with Crippen molar-refractivity contribution in [3.8, 4) is 0 Å². The van der Waals surface area contributed by atoms with Crippen LogP contribution in [-0.2, 0) is 19.1 Å². The van der Waals surface area contributed by atoms with Gasteiger partial charge in [0.05, 0.1) is 13.2 Å². The number of carbonyl (C=O) groups excluding carboxylic acids is 2. The molecule has 4 heteroatoms. The maximum atomic E-state index is 10.7. The standard InChI is InChI=1S/C8H14O2.C7H14O2/c1-4-5-6-10-8(9)7(2)3;1-3-4-5-6-9-7(2)8/h2,4-6H2,1,3H3;3-6H2,1-2H3. The third-order valence-electron chi connectivity index (χ3n) is 2.13. The predicted molar refractivity (Wildman–Crippen MR) is 76.8 cm³/mol. The molecule has 0 radical (unpaired) electrons. The Balaban J connectivity index is 0. The summed E-state index contributed by atoms with van der Waals surface area (Å²) < 4.78 is 9.51. The van der Waals surface area contributed by atoms with E-state index in [9.17, 15) is 9.59 Å². The molecule has 19 heavy (non-hydrogen) atoms. The summed E-state index contributed by atoms with van der Waals surface area (Å²) in [5.41, 5.74) is 0.469. The summed E-state index contributed by atoms with van der Waals surface area (Å²) in [4.78, 5) is 20.9. The first-order chi connectivity index (χ1) is 8.95. The largest absolute Gasteiger partial charge is 0.466 e. The van der Waals surface area contributed by atoms with Gasteiger partial charge in [-0.1, -0.05) is 39.7 Å². The Morgan fingerprint density at radius 1 is 0.895 bits per heavy atom. The molecule has 0 fully saturated rings. The molecule has 0 rings (SSSR count). The van der Waals surface area contributed by atoms with Gasteiger partial charge in [0.25, 0.3) is 0 Å². The molecule has 0 saturated carbocycles. The summed E-state index contributed by atoms with van der Waals surface area (Å²) in [6.45, 7) is 11.8. The number of carbonyl (C=O) groups is 2. The van der Waals surface area contributed by atoms with Gasteiger partial charge in [0.2, 0.25) is 0 Å². The average Bonchev–Trinajstić information content (AvgIpc) is 2.35. The van der Waals surface area contributed by atoms with E-state index in [0.29, 0.717) is 18.8 Å². The molecule has 0 aliphatic carbocycles. The zero-order chi connectivity index (χ0) is 15.1. The highest BCUT2D eigenvalue weighted by Gasteiger charge is 2.00. The molecule has 0 aliphatic heterocycles. The normalized spacial score (nSPS) is 9.05. The van der Waals surface area contributed by atoms with E-state index in [2.05, 4.69) is 20.4 Å². The van der Waals surface area contributed by atoms with Crippen LogP contribution in [0.2, 0.25) is 0 Å². The quantitative estimate of drug-likeness (QED) is 0.384. The highest BCUT2D eigenvalue weighted by Crippen LogP contribution is 1.94. The van der Waals surface area contributed by atoms with Crippen molar-refractivity contribution in [1.29, 1.82) is 0 Å². The minimum atomic E-state index is -0.284. The highest BCUT2D eigenvalue weighted by molar-refractivity contribution is 5.86. The second kappa shape index (κ2) is 14.7. The molecule has 0 aliphatic rings. The maximum absolute atomic E-state index is 10.7. The van der Waals surface area contributed by atoms with Crippen LogP contribution in [0, 0.1) is 0 Å². The van der Waals surface area contributed by atoms with Crippen molar-refractivity contribution in [3.05, 3.63) is 12.2 Å². The average molecular weight is 272 g/mol. The first-order valence-corrected chi connectivity index (χ1v) is 6.91. The molecule has 0 aromatic rings. The van der Waals surface area contributed by atoms with Crippen LogP contribution in [0.15, 0.2) is 12.2 Å². The van der Waals surface area contributed by atoms with Crippen molar-refractivity contribution in [2.24, 2.45) is 0 Å². The van der Waals surface area contributed by atoms with Gasteiger partial charge in [-0.25, -0.2) is 4.79 Å². The van der Waals surface area contributed by atoms with Gasteiger partial charge in [-0.2, -0.15) is 0 Å². The number of hydrogen-bond donors (Lipinski definition) is 0. The lowest BCUT2D eigenvalue weighted by atomic mass is 10.3. The molecule has 0 aromatic carbocycles. The van der Waals surface area contributed by atoms with E-state index in [0.717, 1.165) is 25.7 Å². The second-order valence-electron chi connectivity index (χ2n) is 4.32. The Kier molecular flexibility index (Phi) is 15.5. The number of ether oxygens (including phenoxy) is 2. The summed E-state index contributed by atoms with van der Waals surface area (Å²) in [6, 6.07) is 0. The summed E-state index contributed by atoms with van der Waals surface area (Å²) >= 11 is 0. The van der Waals surface area contributed by atoms with Crippen molar-refractivity contribution >= 4 is 11.9 Å². The van der Waals surface area contributed by atoms with Crippen molar-refractivity contribution in [2.45, 2.75) is 59.8 Å². The van der Waals surface area contributed by atoms with E-state index < -0.39 is 0 Å². The lowest BCUT2D eigenvalue weighted by Crippen LogP contribution is -2.05. The van der Waals surface area contributed by atoms with Crippen molar-refractivity contribution < 1.29 is 19.1 Å². The first-order valence-electron chi connectivity index (χ1n) is 6.91. The van der Waals surface area contributed by atoms with Gasteiger partial charge in [-0.15, -0.1) is 0 Å². The van der Waals surface area contributed by atoms with Crippen molar-refractivity contribution in [2.75, 3.05) is 13.2 Å². The Bertz CT molecular complexity index is 259. The highest BCUT2D eigenvalue weighted by atomic mass is 16.5. The van der Waals surface area contributed by atoms with Crippen LogP contribution in [0.1, 0.15) is 59.8 Å². The van der Waals surface area contributed by atoms with Crippen LogP contribution in [0.3, 0.4) is 0 Å². The Labute approximate surface area is 117 Å². The third kappa shape index (κ3) is 19.2. The summed E-state index contributed by atoms with van der Waals surface area (Å²) in [6.07, 6.45) is 5.28. The van der Waals surface area contributed by atoms with E-state index in [1.807, 2.05) is 0 Å². The molecule has 0 amide bonds.